The van der Waals surface area contributed by atoms with E-state index >= 15 is 0 Å². The number of urea groups is 2. The fourth-order valence-corrected chi connectivity index (χ4v) is 4.55. The van der Waals surface area contributed by atoms with Crippen molar-refractivity contribution in [1.82, 2.24) is 15.1 Å². The molecule has 1 aliphatic carbocycles. The van der Waals surface area contributed by atoms with Crippen LogP contribution in [0.1, 0.15) is 59.3 Å². The minimum Gasteiger partial charge on any atom is -0.450 e. The van der Waals surface area contributed by atoms with Crippen LogP contribution in [0, 0.1) is 0 Å². The van der Waals surface area contributed by atoms with E-state index in [2.05, 4.69) is 44.6 Å². The molecule has 0 saturated carbocycles. The van der Waals surface area contributed by atoms with Crippen molar-refractivity contribution in [3.8, 4) is 0 Å². The Kier molecular flexibility index (Phi) is 13.1. The van der Waals surface area contributed by atoms with Crippen molar-refractivity contribution in [3.05, 3.63) is 84.6 Å². The van der Waals surface area contributed by atoms with Gasteiger partial charge in [-0.3, -0.25) is 0 Å². The molecule has 0 aromatic heterocycles. The first-order chi connectivity index (χ1) is 19.5. The van der Waals surface area contributed by atoms with E-state index in [4.69, 9.17) is 9.47 Å². The SMILES string of the molecule is C=CCNC(=O)N(CC=C)C(=O)N(CC=C)C(=O)O[C@H]1CC/C(C)=C/[C@@H]2OC(=O)C(C)=C2CC/C(C)=C/CCC1=C. The maximum atomic E-state index is 13.4. The number of nitrogens with zero attached hydrogens (tertiary/aromatic N) is 2. The van der Waals surface area contributed by atoms with Crippen LogP contribution in [0.2, 0.25) is 0 Å². The van der Waals surface area contributed by atoms with Gasteiger partial charge in [0.1, 0.15) is 12.2 Å². The molecule has 41 heavy (non-hydrogen) atoms. The number of carbonyl (C=O) groups is 4. The Labute approximate surface area is 243 Å². The molecule has 2 aliphatic rings. The van der Waals surface area contributed by atoms with Crippen LogP contribution < -0.4 is 5.32 Å². The minimum atomic E-state index is -0.910. The molecule has 0 spiro atoms. The molecule has 222 valence electrons. The van der Waals surface area contributed by atoms with Crippen molar-refractivity contribution >= 4 is 24.1 Å². The number of allylic oxidation sites excluding steroid dienone is 3. The maximum absolute atomic E-state index is 13.4. The highest BCUT2D eigenvalue weighted by Crippen LogP contribution is 2.31. The first kappa shape index (κ1) is 33.1. The molecule has 0 aromatic rings. The van der Waals surface area contributed by atoms with E-state index in [1.165, 1.54) is 23.8 Å². The van der Waals surface area contributed by atoms with Gasteiger partial charge in [0.2, 0.25) is 0 Å². The Morgan fingerprint density at radius 2 is 1.68 bits per heavy atom. The number of fused-ring (bicyclic) bond motifs is 1. The van der Waals surface area contributed by atoms with Crippen LogP contribution in [0.5, 0.6) is 0 Å². The lowest BCUT2D eigenvalue weighted by Crippen LogP contribution is -2.52. The average Bonchev–Trinajstić information content (AvgIpc) is 3.20. The Balaban J connectivity index is 2.30. The van der Waals surface area contributed by atoms with Gasteiger partial charge in [0.25, 0.3) is 0 Å². The second kappa shape index (κ2) is 16.2. The summed E-state index contributed by atoms with van der Waals surface area (Å²) in [6, 6.07) is -1.56. The molecule has 1 aliphatic heterocycles. The second-order valence-corrected chi connectivity index (χ2v) is 10.2. The average molecular weight is 566 g/mol. The van der Waals surface area contributed by atoms with Gasteiger partial charge in [0.05, 0.1) is 13.1 Å². The smallest absolute Gasteiger partial charge is 0.418 e. The van der Waals surface area contributed by atoms with Crippen LogP contribution in [0.15, 0.2) is 84.6 Å². The summed E-state index contributed by atoms with van der Waals surface area (Å²) in [7, 11) is 0. The molecule has 9 heteroatoms. The normalized spacial score (nSPS) is 22.4. The first-order valence-electron chi connectivity index (χ1n) is 13.8. The van der Waals surface area contributed by atoms with Crippen LogP contribution in [-0.4, -0.2) is 65.8 Å². The topological polar surface area (TPSA) is 105 Å². The van der Waals surface area contributed by atoms with Gasteiger partial charge in [-0.2, -0.15) is 0 Å². The zero-order chi connectivity index (χ0) is 30.5. The van der Waals surface area contributed by atoms with Crippen LogP contribution in [0.25, 0.3) is 0 Å². The summed E-state index contributed by atoms with van der Waals surface area (Å²) in [5.74, 6) is -0.296. The minimum absolute atomic E-state index is 0.115. The largest absolute Gasteiger partial charge is 0.450 e. The highest BCUT2D eigenvalue weighted by Gasteiger charge is 2.33. The summed E-state index contributed by atoms with van der Waals surface area (Å²) in [5.41, 5.74) is 4.53. The molecule has 0 radical (unpaired) electrons. The maximum Gasteiger partial charge on any atom is 0.418 e. The molecular formula is C32H43N3O6. The van der Waals surface area contributed by atoms with Gasteiger partial charge in [-0.25, -0.2) is 29.0 Å². The van der Waals surface area contributed by atoms with E-state index in [0.717, 1.165) is 33.8 Å². The number of hydrogen-bond donors (Lipinski definition) is 1. The number of hydrogen-bond acceptors (Lipinski definition) is 6. The third-order valence-corrected chi connectivity index (χ3v) is 7.00. The highest BCUT2D eigenvalue weighted by atomic mass is 16.6. The van der Waals surface area contributed by atoms with Gasteiger partial charge in [-0.15, -0.1) is 19.7 Å². The van der Waals surface area contributed by atoms with E-state index in [1.807, 2.05) is 13.0 Å². The lowest BCUT2D eigenvalue weighted by molar-refractivity contribution is -0.138. The van der Waals surface area contributed by atoms with Gasteiger partial charge in [0.15, 0.2) is 0 Å². The molecule has 1 heterocycles. The fourth-order valence-electron chi connectivity index (χ4n) is 4.55. The molecule has 9 nitrogen and oxygen atoms in total. The van der Waals surface area contributed by atoms with Crippen molar-refractivity contribution < 1.29 is 28.7 Å². The number of nitrogens with one attached hydrogen (secondary N) is 1. The van der Waals surface area contributed by atoms with Crippen molar-refractivity contribution in [2.45, 2.75) is 71.5 Å². The Bertz CT molecular complexity index is 1160. The van der Waals surface area contributed by atoms with Gasteiger partial charge in [-0.05, 0) is 76.5 Å². The Morgan fingerprint density at radius 1 is 1.00 bits per heavy atom. The first-order valence-corrected chi connectivity index (χ1v) is 13.8. The van der Waals surface area contributed by atoms with E-state index in [9.17, 15) is 19.2 Å². The molecule has 5 amide bonds. The number of amides is 5. The van der Waals surface area contributed by atoms with Crippen molar-refractivity contribution in [2.24, 2.45) is 0 Å². The van der Waals surface area contributed by atoms with Gasteiger partial charge < -0.3 is 14.8 Å². The predicted molar refractivity (Wildman–Crippen MR) is 160 cm³/mol. The quantitative estimate of drug-likeness (QED) is 0.278. The molecule has 0 fully saturated rings. The van der Waals surface area contributed by atoms with E-state index in [-0.39, 0.29) is 25.6 Å². The van der Waals surface area contributed by atoms with Gasteiger partial charge in [0, 0.05) is 12.1 Å². The van der Waals surface area contributed by atoms with Crippen molar-refractivity contribution in [1.29, 1.82) is 0 Å². The van der Waals surface area contributed by atoms with Crippen LogP contribution >= 0.6 is 0 Å². The summed E-state index contributed by atoms with van der Waals surface area (Å²) in [6.45, 7) is 20.7. The van der Waals surface area contributed by atoms with E-state index in [0.29, 0.717) is 36.8 Å². The molecule has 0 unspecified atom stereocenters. The standard InChI is InChI=1S/C32H43N3O6/c1-8-18-33-30(37)34(19-9-2)31(38)35(20-10-3)32(39)41-27-17-15-23(5)21-28-26(25(7)29(36)40-28)16-14-22(4)12-11-13-24(27)6/h8-10,12,21,27-28H,1-3,6,11,13-20H2,4-5,7H3,(H,33,37)/b22-12+,23-21+/t27-,28-/m0/s1. The summed E-state index contributed by atoms with van der Waals surface area (Å²) in [5, 5.41) is 2.54. The molecule has 2 rings (SSSR count). The summed E-state index contributed by atoms with van der Waals surface area (Å²) in [6.07, 6.45) is 10.1. The molecule has 1 N–H and O–H groups in total. The third kappa shape index (κ3) is 9.48. The highest BCUT2D eigenvalue weighted by molar-refractivity contribution is 6.00. The number of carbonyl (C=O) groups excluding carboxylic acids is 4. The zero-order valence-corrected chi connectivity index (χ0v) is 24.6. The van der Waals surface area contributed by atoms with Crippen molar-refractivity contribution in [2.75, 3.05) is 19.6 Å². The lowest BCUT2D eigenvalue weighted by Gasteiger charge is -2.28. The fraction of sp³-hybridized carbons (Fsp3) is 0.438. The number of imide groups is 2. The van der Waals surface area contributed by atoms with Crippen LogP contribution in [0.4, 0.5) is 14.4 Å². The number of ether oxygens (including phenoxy) is 2. The molecule has 0 bridgehead atoms. The van der Waals surface area contributed by atoms with E-state index < -0.39 is 30.4 Å². The zero-order valence-electron chi connectivity index (χ0n) is 24.6. The Morgan fingerprint density at radius 3 is 2.34 bits per heavy atom. The van der Waals surface area contributed by atoms with Gasteiger partial charge in [-0.1, -0.05) is 42.0 Å². The summed E-state index contributed by atoms with van der Waals surface area (Å²) in [4.78, 5) is 53.2. The molecular weight excluding hydrogens is 522 g/mol. The van der Waals surface area contributed by atoms with Crippen LogP contribution in [0.3, 0.4) is 0 Å². The van der Waals surface area contributed by atoms with Crippen molar-refractivity contribution in [3.63, 3.8) is 0 Å². The predicted octanol–water partition coefficient (Wildman–Crippen LogP) is 6.53. The summed E-state index contributed by atoms with van der Waals surface area (Å²) >= 11 is 0. The van der Waals surface area contributed by atoms with E-state index in [1.54, 1.807) is 6.92 Å². The molecule has 0 aromatic carbocycles. The van der Waals surface area contributed by atoms with Crippen LogP contribution in [-0.2, 0) is 14.3 Å². The molecule has 0 saturated heterocycles. The monoisotopic (exact) mass is 565 g/mol. The third-order valence-electron chi connectivity index (χ3n) is 7.00. The number of rotatable bonds is 7. The lowest BCUT2D eigenvalue weighted by atomic mass is 9.93. The Hall–Kier alpha value is -4.14. The number of esters is 1. The second-order valence-electron chi connectivity index (χ2n) is 10.2. The summed E-state index contributed by atoms with van der Waals surface area (Å²) < 4.78 is 11.5. The van der Waals surface area contributed by atoms with Gasteiger partial charge >= 0.3 is 24.1 Å². The molecule has 2 atom stereocenters.